The molecule has 0 saturated heterocycles. The van der Waals surface area contributed by atoms with Crippen LogP contribution in [-0.2, 0) is 17.6 Å². The van der Waals surface area contributed by atoms with Crippen molar-refractivity contribution in [1.82, 2.24) is 0 Å². The molecule has 3 rings (SSSR count). The molecule has 146 valence electrons. The van der Waals surface area contributed by atoms with E-state index in [4.69, 9.17) is 20.0 Å². The highest BCUT2D eigenvalue weighted by Gasteiger charge is 2.14. The molecule has 1 atom stereocenters. The molecule has 6 nitrogen and oxygen atoms in total. The van der Waals surface area contributed by atoms with Gasteiger partial charge in [-0.15, -0.1) is 10.5 Å². The summed E-state index contributed by atoms with van der Waals surface area (Å²) in [5, 5.41) is 17.3. The molecule has 6 heteroatoms. The standard InChI is InChI=1S/C24H17N3O3/c25-15-29-23-9-3-19(4-10-23)14-21(20-5-11-24(12-6-20)30-16-26)13-18-1-7-22(8-2-18)27-17-28/h1-12,21H,13-14H2. The third-order valence-corrected chi connectivity index (χ3v) is 4.68. The summed E-state index contributed by atoms with van der Waals surface area (Å²) in [6, 6.07) is 22.3. The maximum Gasteiger partial charge on any atom is 0.292 e. The summed E-state index contributed by atoms with van der Waals surface area (Å²) in [6.45, 7) is 0. The summed E-state index contributed by atoms with van der Waals surface area (Å²) in [4.78, 5) is 14.0. The Morgan fingerprint density at radius 1 is 0.733 bits per heavy atom. The van der Waals surface area contributed by atoms with Crippen LogP contribution in [0.4, 0.5) is 5.69 Å². The minimum atomic E-state index is 0.157. The average Bonchev–Trinajstić information content (AvgIpc) is 2.77. The molecule has 0 fully saturated rings. The number of nitrogens with zero attached hydrogens (tertiary/aromatic N) is 3. The van der Waals surface area contributed by atoms with Crippen molar-refractivity contribution < 1.29 is 14.3 Å². The molecule has 0 aromatic heterocycles. The molecule has 0 radical (unpaired) electrons. The molecule has 0 heterocycles. The van der Waals surface area contributed by atoms with Gasteiger partial charge in [0, 0.05) is 0 Å². The fourth-order valence-corrected chi connectivity index (χ4v) is 3.24. The van der Waals surface area contributed by atoms with Gasteiger partial charge in [0.05, 0.1) is 5.69 Å². The lowest BCUT2D eigenvalue weighted by atomic mass is 9.86. The van der Waals surface area contributed by atoms with E-state index in [2.05, 4.69) is 4.99 Å². The molecule has 0 spiro atoms. The lowest BCUT2D eigenvalue weighted by molar-refractivity contribution is 0.506. The van der Waals surface area contributed by atoms with E-state index in [1.807, 2.05) is 36.4 Å². The maximum absolute atomic E-state index is 10.4. The van der Waals surface area contributed by atoms with Crippen molar-refractivity contribution in [2.24, 2.45) is 4.99 Å². The minimum absolute atomic E-state index is 0.157. The highest BCUT2D eigenvalue weighted by atomic mass is 16.5. The van der Waals surface area contributed by atoms with Crippen LogP contribution in [0.3, 0.4) is 0 Å². The lowest BCUT2D eigenvalue weighted by Crippen LogP contribution is -2.07. The van der Waals surface area contributed by atoms with Crippen LogP contribution in [0.5, 0.6) is 11.5 Å². The number of hydrogen-bond donors (Lipinski definition) is 0. The van der Waals surface area contributed by atoms with Crippen molar-refractivity contribution >= 4 is 11.8 Å². The highest BCUT2D eigenvalue weighted by Crippen LogP contribution is 2.28. The first-order valence-electron chi connectivity index (χ1n) is 9.19. The quantitative estimate of drug-likeness (QED) is 0.306. The molecule has 1 unspecified atom stereocenters. The molecule has 0 bridgehead atoms. The zero-order valence-electron chi connectivity index (χ0n) is 16.0. The smallest absolute Gasteiger partial charge is 0.292 e. The van der Waals surface area contributed by atoms with Crippen LogP contribution in [0.2, 0.25) is 0 Å². The van der Waals surface area contributed by atoms with Crippen LogP contribution in [0.15, 0.2) is 77.8 Å². The predicted octanol–water partition coefficient (Wildman–Crippen LogP) is 4.94. The number of aliphatic imine (C=N–C) groups is 1. The van der Waals surface area contributed by atoms with Crippen LogP contribution < -0.4 is 9.47 Å². The van der Waals surface area contributed by atoms with Gasteiger partial charge >= 0.3 is 0 Å². The third kappa shape index (κ3) is 5.56. The first kappa shape index (κ1) is 20.4. The van der Waals surface area contributed by atoms with Gasteiger partial charge in [-0.25, -0.2) is 4.79 Å². The second kappa shape index (κ2) is 10.2. The van der Waals surface area contributed by atoms with Gasteiger partial charge in [0.2, 0.25) is 6.08 Å². The summed E-state index contributed by atoms with van der Waals surface area (Å²) in [6.07, 6.45) is 6.41. The van der Waals surface area contributed by atoms with Gasteiger partial charge < -0.3 is 9.47 Å². The van der Waals surface area contributed by atoms with Gasteiger partial charge in [-0.3, -0.25) is 0 Å². The zero-order chi connectivity index (χ0) is 21.2. The van der Waals surface area contributed by atoms with Crippen molar-refractivity contribution in [2.75, 3.05) is 0 Å². The molecule has 0 aliphatic carbocycles. The molecule has 0 saturated carbocycles. The van der Waals surface area contributed by atoms with Gasteiger partial charge in [-0.1, -0.05) is 36.4 Å². The van der Waals surface area contributed by atoms with Gasteiger partial charge in [0.25, 0.3) is 12.5 Å². The Hall–Kier alpha value is -4.38. The molecule has 0 amide bonds. The zero-order valence-corrected chi connectivity index (χ0v) is 16.0. The van der Waals surface area contributed by atoms with Crippen LogP contribution in [-0.4, -0.2) is 6.08 Å². The maximum atomic E-state index is 10.4. The number of hydrogen-bond acceptors (Lipinski definition) is 6. The Morgan fingerprint density at radius 3 is 1.67 bits per heavy atom. The molecular weight excluding hydrogens is 378 g/mol. The molecule has 3 aromatic carbocycles. The first-order valence-corrected chi connectivity index (χ1v) is 9.19. The topological polar surface area (TPSA) is 95.5 Å². The van der Waals surface area contributed by atoms with E-state index < -0.39 is 0 Å². The van der Waals surface area contributed by atoms with Gasteiger partial charge in [0.15, 0.2) is 0 Å². The van der Waals surface area contributed by atoms with Gasteiger partial charge in [-0.05, 0) is 71.8 Å². The Labute approximate surface area is 174 Å². The summed E-state index contributed by atoms with van der Waals surface area (Å²) >= 11 is 0. The van der Waals surface area contributed by atoms with E-state index in [0.29, 0.717) is 17.2 Å². The summed E-state index contributed by atoms with van der Waals surface area (Å²) in [5.74, 6) is 1.15. The average molecular weight is 395 g/mol. The second-order valence-electron chi connectivity index (χ2n) is 6.57. The number of carbonyl (C=O) groups excluding carboxylic acids is 1. The Balaban J connectivity index is 1.84. The molecule has 30 heavy (non-hydrogen) atoms. The van der Waals surface area contributed by atoms with Crippen molar-refractivity contribution in [3.8, 4) is 24.0 Å². The van der Waals surface area contributed by atoms with E-state index in [0.717, 1.165) is 29.5 Å². The fourth-order valence-electron chi connectivity index (χ4n) is 3.24. The molecule has 0 aliphatic rings. The predicted molar refractivity (Wildman–Crippen MR) is 110 cm³/mol. The number of benzene rings is 3. The molecular formula is C24H17N3O3. The van der Waals surface area contributed by atoms with Crippen LogP contribution in [0.1, 0.15) is 22.6 Å². The minimum Gasteiger partial charge on any atom is -0.388 e. The number of nitriles is 2. The van der Waals surface area contributed by atoms with Crippen molar-refractivity contribution in [2.45, 2.75) is 18.8 Å². The monoisotopic (exact) mass is 395 g/mol. The van der Waals surface area contributed by atoms with E-state index in [1.54, 1.807) is 55.0 Å². The third-order valence-electron chi connectivity index (χ3n) is 4.68. The molecule has 0 aliphatic heterocycles. The van der Waals surface area contributed by atoms with Crippen molar-refractivity contribution in [3.05, 3.63) is 89.5 Å². The van der Waals surface area contributed by atoms with Crippen molar-refractivity contribution in [3.63, 3.8) is 0 Å². The summed E-state index contributed by atoms with van der Waals surface area (Å²) < 4.78 is 9.72. The Morgan fingerprint density at radius 2 is 1.20 bits per heavy atom. The number of isocyanates is 1. The fraction of sp³-hybridized carbons (Fsp3) is 0.125. The Bertz CT molecular complexity index is 1100. The molecule has 0 N–H and O–H groups in total. The summed E-state index contributed by atoms with van der Waals surface area (Å²) in [7, 11) is 0. The lowest BCUT2D eigenvalue weighted by Gasteiger charge is -2.18. The Kier molecular flexibility index (Phi) is 6.95. The van der Waals surface area contributed by atoms with E-state index >= 15 is 0 Å². The number of ether oxygens (including phenoxy) is 2. The largest absolute Gasteiger partial charge is 0.388 e. The van der Waals surface area contributed by atoms with E-state index in [9.17, 15) is 4.79 Å². The van der Waals surface area contributed by atoms with Crippen LogP contribution >= 0.6 is 0 Å². The van der Waals surface area contributed by atoms with Gasteiger partial charge in [-0.2, -0.15) is 4.99 Å². The SMILES string of the molecule is N#COc1ccc(CC(Cc2ccc(N=C=O)cc2)c2ccc(OC#N)cc2)cc1. The van der Waals surface area contributed by atoms with Crippen molar-refractivity contribution in [1.29, 1.82) is 10.5 Å². The van der Waals surface area contributed by atoms with E-state index in [-0.39, 0.29) is 5.92 Å². The normalized spacial score (nSPS) is 10.7. The van der Waals surface area contributed by atoms with Crippen LogP contribution in [0.25, 0.3) is 0 Å². The number of rotatable bonds is 8. The second-order valence-corrected chi connectivity index (χ2v) is 6.57. The molecule has 3 aromatic rings. The summed E-state index contributed by atoms with van der Waals surface area (Å²) in [5.41, 5.74) is 3.88. The first-order chi connectivity index (χ1) is 14.7. The highest BCUT2D eigenvalue weighted by molar-refractivity contribution is 5.49. The van der Waals surface area contributed by atoms with Crippen LogP contribution in [0, 0.1) is 23.0 Å². The van der Waals surface area contributed by atoms with E-state index in [1.165, 1.54) is 0 Å². The van der Waals surface area contributed by atoms with Gasteiger partial charge in [0.1, 0.15) is 11.5 Å².